The van der Waals surface area contributed by atoms with Gasteiger partial charge in [0.25, 0.3) is 0 Å². The molecule has 1 aliphatic heterocycles. The molecule has 2 nitrogen and oxygen atoms in total. The molecular weight excluding hydrogens is 232 g/mol. The molecule has 0 aromatic carbocycles. The molecule has 1 fully saturated rings. The third kappa shape index (κ3) is 5.66. The van der Waals surface area contributed by atoms with Crippen LogP contribution >= 0.6 is 0 Å². The minimum atomic E-state index is 0.783. The first kappa shape index (κ1) is 15.1. The van der Waals surface area contributed by atoms with Crippen LogP contribution in [0, 0.1) is 11.8 Å². The maximum Gasteiger partial charge on any atom is 0.0107 e. The van der Waals surface area contributed by atoms with Crippen molar-refractivity contribution in [2.45, 2.75) is 52.4 Å². The molecule has 0 saturated carbocycles. The summed E-state index contributed by atoms with van der Waals surface area (Å²) in [5, 5.41) is 3.70. The third-order valence-electron chi connectivity index (χ3n) is 4.62. The van der Waals surface area contributed by atoms with Crippen LogP contribution in [0.3, 0.4) is 0 Å². The summed E-state index contributed by atoms with van der Waals surface area (Å²) >= 11 is 0. The van der Waals surface area contributed by atoms with Gasteiger partial charge in [-0.2, -0.15) is 0 Å². The molecule has 1 saturated heterocycles. The van der Waals surface area contributed by atoms with Crippen LogP contribution in [0.2, 0.25) is 0 Å². The van der Waals surface area contributed by atoms with Crippen molar-refractivity contribution < 1.29 is 0 Å². The first-order chi connectivity index (χ1) is 9.24. The topological polar surface area (TPSA) is 15.3 Å². The zero-order chi connectivity index (χ0) is 13.5. The Labute approximate surface area is 119 Å². The molecule has 2 unspecified atom stereocenters. The van der Waals surface area contributed by atoms with Gasteiger partial charge in [-0.25, -0.2) is 0 Å². The first-order valence-electron chi connectivity index (χ1n) is 8.34. The van der Waals surface area contributed by atoms with Crippen molar-refractivity contribution in [3.05, 3.63) is 11.6 Å². The van der Waals surface area contributed by atoms with Gasteiger partial charge in [-0.3, -0.25) is 0 Å². The Balaban J connectivity index is 1.57. The van der Waals surface area contributed by atoms with E-state index < -0.39 is 0 Å². The minimum Gasteiger partial charge on any atom is -0.315 e. The summed E-state index contributed by atoms with van der Waals surface area (Å²) in [5.74, 6) is 1.65. The quantitative estimate of drug-likeness (QED) is 0.604. The summed E-state index contributed by atoms with van der Waals surface area (Å²) in [6, 6.07) is 0. The Morgan fingerprint density at radius 1 is 1.21 bits per heavy atom. The normalized spacial score (nSPS) is 29.9. The summed E-state index contributed by atoms with van der Waals surface area (Å²) in [7, 11) is 0. The Kier molecular flexibility index (Phi) is 6.39. The lowest BCUT2D eigenvalue weighted by atomic mass is 9.84. The van der Waals surface area contributed by atoms with Crippen molar-refractivity contribution >= 4 is 0 Å². The van der Waals surface area contributed by atoms with Crippen LogP contribution in [0.5, 0.6) is 0 Å². The number of hydrogen-bond donors (Lipinski definition) is 1. The highest BCUT2D eigenvalue weighted by Gasteiger charge is 2.17. The predicted octanol–water partition coefficient (Wildman–Crippen LogP) is 3.44. The van der Waals surface area contributed by atoms with Crippen LogP contribution in [0.1, 0.15) is 52.4 Å². The lowest BCUT2D eigenvalue weighted by Crippen LogP contribution is -2.35. The zero-order valence-corrected chi connectivity index (χ0v) is 13.0. The van der Waals surface area contributed by atoms with Crippen molar-refractivity contribution in [1.29, 1.82) is 0 Å². The predicted molar refractivity (Wildman–Crippen MR) is 83.4 cm³/mol. The summed E-state index contributed by atoms with van der Waals surface area (Å²) in [4.78, 5) is 2.65. The van der Waals surface area contributed by atoms with Crippen molar-refractivity contribution in [3.8, 4) is 0 Å². The number of allylic oxidation sites excluding steroid dienone is 2. The smallest absolute Gasteiger partial charge is 0.0107 e. The Bertz CT molecular complexity index is 277. The number of nitrogens with one attached hydrogen (secondary N) is 1. The van der Waals surface area contributed by atoms with E-state index in [0.717, 1.165) is 11.8 Å². The van der Waals surface area contributed by atoms with Crippen LogP contribution in [0.4, 0.5) is 0 Å². The van der Waals surface area contributed by atoms with Gasteiger partial charge in [0, 0.05) is 13.1 Å². The molecule has 2 aliphatic rings. The molecule has 2 atom stereocenters. The van der Waals surface area contributed by atoms with Crippen LogP contribution in [0.25, 0.3) is 0 Å². The summed E-state index contributed by atoms with van der Waals surface area (Å²) < 4.78 is 0. The van der Waals surface area contributed by atoms with E-state index in [2.05, 4.69) is 30.1 Å². The van der Waals surface area contributed by atoms with E-state index in [1.807, 2.05) is 0 Å². The van der Waals surface area contributed by atoms with Crippen LogP contribution in [-0.2, 0) is 0 Å². The van der Waals surface area contributed by atoms with Gasteiger partial charge in [0.2, 0.25) is 0 Å². The van der Waals surface area contributed by atoms with Crippen LogP contribution in [-0.4, -0.2) is 37.6 Å². The van der Waals surface area contributed by atoms with Gasteiger partial charge < -0.3 is 10.2 Å². The highest BCUT2D eigenvalue weighted by atomic mass is 15.1. The van der Waals surface area contributed by atoms with Crippen molar-refractivity contribution in [3.63, 3.8) is 0 Å². The zero-order valence-electron chi connectivity index (χ0n) is 13.0. The monoisotopic (exact) mass is 264 g/mol. The average Bonchev–Trinajstić information content (AvgIpc) is 2.62. The Morgan fingerprint density at radius 3 is 2.63 bits per heavy atom. The lowest BCUT2D eigenvalue weighted by molar-refractivity contribution is 0.278. The second kappa shape index (κ2) is 8.06. The maximum atomic E-state index is 3.70. The fourth-order valence-electron chi connectivity index (χ4n) is 3.74. The molecule has 1 aliphatic carbocycles. The van der Waals surface area contributed by atoms with E-state index in [1.165, 1.54) is 71.2 Å². The van der Waals surface area contributed by atoms with E-state index in [-0.39, 0.29) is 0 Å². The lowest BCUT2D eigenvalue weighted by Gasteiger charge is -2.26. The summed E-state index contributed by atoms with van der Waals surface area (Å²) in [5.41, 5.74) is 1.60. The second-order valence-electron chi connectivity index (χ2n) is 6.76. The largest absolute Gasteiger partial charge is 0.315 e. The van der Waals surface area contributed by atoms with Crippen molar-refractivity contribution in [2.24, 2.45) is 11.8 Å². The Morgan fingerprint density at radius 2 is 1.95 bits per heavy atom. The molecule has 110 valence electrons. The third-order valence-corrected chi connectivity index (χ3v) is 4.62. The molecule has 1 N–H and O–H groups in total. The number of nitrogens with zero attached hydrogens (tertiary/aromatic N) is 1. The van der Waals surface area contributed by atoms with Gasteiger partial charge in [0.15, 0.2) is 0 Å². The fourth-order valence-corrected chi connectivity index (χ4v) is 3.74. The van der Waals surface area contributed by atoms with Gasteiger partial charge in [0.1, 0.15) is 0 Å². The van der Waals surface area contributed by atoms with Gasteiger partial charge in [-0.15, -0.1) is 0 Å². The number of likely N-dealkylation sites (tertiary alicyclic amines) is 1. The van der Waals surface area contributed by atoms with Gasteiger partial charge in [-0.05, 0) is 64.1 Å². The van der Waals surface area contributed by atoms with E-state index >= 15 is 0 Å². The first-order valence-corrected chi connectivity index (χ1v) is 8.34. The highest BCUT2D eigenvalue weighted by molar-refractivity contribution is 5.06. The molecule has 19 heavy (non-hydrogen) atoms. The molecular formula is C17H32N2. The Hall–Kier alpha value is -0.340. The molecule has 1 heterocycles. The summed E-state index contributed by atoms with van der Waals surface area (Å²) in [6.07, 6.45) is 10.8. The van der Waals surface area contributed by atoms with Gasteiger partial charge in [-0.1, -0.05) is 31.4 Å². The number of rotatable bonds is 5. The average molecular weight is 264 g/mol. The van der Waals surface area contributed by atoms with Crippen LogP contribution in [0.15, 0.2) is 11.6 Å². The summed E-state index contributed by atoms with van der Waals surface area (Å²) in [6.45, 7) is 10.9. The molecule has 0 bridgehead atoms. The maximum absolute atomic E-state index is 3.70. The van der Waals surface area contributed by atoms with E-state index in [1.54, 1.807) is 5.57 Å². The minimum absolute atomic E-state index is 0.783. The molecule has 2 heteroatoms. The van der Waals surface area contributed by atoms with Crippen molar-refractivity contribution in [1.82, 2.24) is 10.2 Å². The number of hydrogen-bond acceptors (Lipinski definition) is 2. The highest BCUT2D eigenvalue weighted by Crippen LogP contribution is 2.27. The molecule has 0 aromatic rings. The standard InChI is InChI=1S/C17H32N2/c1-15-11-16(2)13-17(12-15)14-18-7-10-19-8-5-3-4-6-9-19/h11,15,17-18H,3-10,12-14H2,1-2H3. The second-order valence-corrected chi connectivity index (χ2v) is 6.76. The van der Waals surface area contributed by atoms with Crippen molar-refractivity contribution in [2.75, 3.05) is 32.7 Å². The van der Waals surface area contributed by atoms with Gasteiger partial charge in [0.05, 0.1) is 0 Å². The molecule has 0 spiro atoms. The van der Waals surface area contributed by atoms with Crippen LogP contribution < -0.4 is 5.32 Å². The van der Waals surface area contributed by atoms with Gasteiger partial charge >= 0.3 is 0 Å². The molecule has 0 amide bonds. The van der Waals surface area contributed by atoms with E-state index in [0.29, 0.717) is 0 Å². The SMILES string of the molecule is CC1=CC(C)CC(CNCCN2CCCCCC2)C1. The molecule has 0 radical (unpaired) electrons. The molecule has 2 rings (SSSR count). The fraction of sp³-hybridized carbons (Fsp3) is 0.882. The van der Waals surface area contributed by atoms with E-state index in [4.69, 9.17) is 0 Å². The van der Waals surface area contributed by atoms with E-state index in [9.17, 15) is 0 Å². The molecule has 0 aromatic heterocycles.